The summed E-state index contributed by atoms with van der Waals surface area (Å²) in [5.74, 6) is 2.06. The van der Waals surface area contributed by atoms with E-state index < -0.39 is 5.97 Å². The molecule has 0 unspecified atom stereocenters. The largest absolute Gasteiger partial charge is 0.463 e. The highest BCUT2D eigenvalue weighted by Gasteiger charge is 2.01. The second kappa shape index (κ2) is 5.66. The lowest BCUT2D eigenvalue weighted by atomic mass is 10.1. The van der Waals surface area contributed by atoms with Crippen LogP contribution in [0, 0.1) is 12.3 Å². The molecule has 0 N–H and O–H groups in total. The summed E-state index contributed by atoms with van der Waals surface area (Å²) < 4.78 is 4.78. The van der Waals surface area contributed by atoms with Gasteiger partial charge < -0.3 is 4.74 Å². The molecule has 0 atom stereocenters. The van der Waals surface area contributed by atoms with E-state index in [-0.39, 0.29) is 0 Å². The lowest BCUT2D eigenvalue weighted by Crippen LogP contribution is -2.00. The van der Waals surface area contributed by atoms with E-state index in [0.29, 0.717) is 12.2 Å². The molecule has 1 aromatic rings. The third kappa shape index (κ3) is 3.32. The monoisotopic (exact) mass is 200 g/mol. The van der Waals surface area contributed by atoms with Gasteiger partial charge in [-0.1, -0.05) is 36.3 Å². The summed E-state index contributed by atoms with van der Waals surface area (Å²) >= 11 is 0. The molecule has 2 nitrogen and oxygen atoms in total. The predicted octanol–water partition coefficient (Wildman–Crippen LogP) is 2.27. The molecule has 0 aliphatic rings. The number of carbonyl (C=O) groups is 1. The molecule has 2 heteroatoms. The van der Waals surface area contributed by atoms with Crippen LogP contribution in [0.1, 0.15) is 12.5 Å². The smallest absolute Gasteiger partial charge is 0.332 e. The van der Waals surface area contributed by atoms with Gasteiger partial charge in [-0.2, -0.15) is 0 Å². The van der Waals surface area contributed by atoms with Gasteiger partial charge in [-0.05, 0) is 12.5 Å². The van der Waals surface area contributed by atoms with Crippen molar-refractivity contribution in [3.8, 4) is 12.3 Å². The van der Waals surface area contributed by atoms with Gasteiger partial charge in [0.25, 0.3) is 0 Å². The fourth-order valence-corrected chi connectivity index (χ4v) is 1.13. The second-order valence-corrected chi connectivity index (χ2v) is 2.82. The number of rotatable bonds is 3. The second-order valence-electron chi connectivity index (χ2n) is 2.82. The van der Waals surface area contributed by atoms with Crippen LogP contribution in [0.4, 0.5) is 0 Å². The standard InChI is InChI=1S/C13H12O2/c1-3-11(10-13(14)15-4-2)12-8-6-5-7-9-12/h1,5-10H,4H2,2H3/b11-10+. The Morgan fingerprint density at radius 3 is 2.67 bits per heavy atom. The summed E-state index contributed by atoms with van der Waals surface area (Å²) in [6.07, 6.45) is 6.66. The number of terminal acetylenes is 1. The van der Waals surface area contributed by atoms with Crippen molar-refractivity contribution in [1.82, 2.24) is 0 Å². The molecule has 0 bridgehead atoms. The summed E-state index contributed by atoms with van der Waals surface area (Å²) in [6, 6.07) is 9.33. The van der Waals surface area contributed by atoms with Gasteiger partial charge in [-0.3, -0.25) is 0 Å². The number of esters is 1. The average molecular weight is 200 g/mol. The molecule has 0 aromatic heterocycles. The maximum absolute atomic E-state index is 11.2. The van der Waals surface area contributed by atoms with Crippen molar-refractivity contribution in [3.05, 3.63) is 42.0 Å². The Morgan fingerprint density at radius 1 is 1.47 bits per heavy atom. The molecule has 0 aliphatic heterocycles. The van der Waals surface area contributed by atoms with Crippen molar-refractivity contribution >= 4 is 11.5 Å². The van der Waals surface area contributed by atoms with Crippen LogP contribution in [0.25, 0.3) is 5.57 Å². The van der Waals surface area contributed by atoms with E-state index >= 15 is 0 Å². The first-order chi connectivity index (χ1) is 7.27. The molecule has 0 aliphatic carbocycles. The normalized spacial score (nSPS) is 10.5. The molecule has 0 heterocycles. The molecule has 0 amide bonds. The van der Waals surface area contributed by atoms with Gasteiger partial charge >= 0.3 is 5.97 Å². The molecule has 0 saturated heterocycles. The Hall–Kier alpha value is -2.01. The van der Waals surface area contributed by atoms with E-state index in [1.54, 1.807) is 6.92 Å². The van der Waals surface area contributed by atoms with Gasteiger partial charge in [-0.25, -0.2) is 4.79 Å². The maximum atomic E-state index is 11.2. The topological polar surface area (TPSA) is 26.3 Å². The first-order valence-corrected chi connectivity index (χ1v) is 4.68. The van der Waals surface area contributed by atoms with Crippen molar-refractivity contribution in [3.63, 3.8) is 0 Å². The van der Waals surface area contributed by atoms with E-state index in [4.69, 9.17) is 11.2 Å². The Bertz CT molecular complexity index is 396. The van der Waals surface area contributed by atoms with Crippen molar-refractivity contribution < 1.29 is 9.53 Å². The van der Waals surface area contributed by atoms with Gasteiger partial charge in [-0.15, -0.1) is 6.42 Å². The number of hydrogen-bond acceptors (Lipinski definition) is 2. The van der Waals surface area contributed by atoms with Crippen LogP contribution in [0.2, 0.25) is 0 Å². The predicted molar refractivity (Wildman–Crippen MR) is 59.9 cm³/mol. The van der Waals surface area contributed by atoms with Gasteiger partial charge in [0.1, 0.15) is 0 Å². The van der Waals surface area contributed by atoms with Crippen LogP contribution in [0.5, 0.6) is 0 Å². The minimum atomic E-state index is -0.408. The number of benzene rings is 1. The zero-order valence-electron chi connectivity index (χ0n) is 8.57. The molecule has 0 saturated carbocycles. The summed E-state index contributed by atoms with van der Waals surface area (Å²) in [5.41, 5.74) is 1.38. The van der Waals surface area contributed by atoms with E-state index in [2.05, 4.69) is 5.92 Å². The molecule has 15 heavy (non-hydrogen) atoms. The number of carbonyl (C=O) groups excluding carboxylic acids is 1. The van der Waals surface area contributed by atoms with Crippen LogP contribution >= 0.6 is 0 Å². The van der Waals surface area contributed by atoms with Gasteiger partial charge in [0.15, 0.2) is 0 Å². The van der Waals surface area contributed by atoms with Crippen molar-refractivity contribution in [2.45, 2.75) is 6.92 Å². The molecular formula is C13H12O2. The highest BCUT2D eigenvalue weighted by atomic mass is 16.5. The van der Waals surface area contributed by atoms with Gasteiger partial charge in [0.05, 0.1) is 6.61 Å². The highest BCUT2D eigenvalue weighted by Crippen LogP contribution is 2.12. The third-order valence-corrected chi connectivity index (χ3v) is 1.79. The molecule has 1 rings (SSSR count). The summed E-state index contributed by atoms with van der Waals surface area (Å²) in [7, 11) is 0. The van der Waals surface area contributed by atoms with Gasteiger partial charge in [0, 0.05) is 11.6 Å². The van der Waals surface area contributed by atoms with Crippen LogP contribution in [0.3, 0.4) is 0 Å². The fourth-order valence-electron chi connectivity index (χ4n) is 1.13. The third-order valence-electron chi connectivity index (χ3n) is 1.79. The zero-order chi connectivity index (χ0) is 11.1. The highest BCUT2D eigenvalue weighted by molar-refractivity contribution is 5.95. The molecule has 0 fully saturated rings. The van der Waals surface area contributed by atoms with Crippen LogP contribution in [0.15, 0.2) is 36.4 Å². The number of ether oxygens (including phenoxy) is 1. The Morgan fingerprint density at radius 2 is 2.13 bits per heavy atom. The molecular weight excluding hydrogens is 188 g/mol. The molecule has 0 spiro atoms. The minimum Gasteiger partial charge on any atom is -0.463 e. The van der Waals surface area contributed by atoms with Gasteiger partial charge in [0.2, 0.25) is 0 Å². The Labute approximate surface area is 89.6 Å². The Balaban J connectivity index is 2.91. The van der Waals surface area contributed by atoms with E-state index in [1.807, 2.05) is 30.3 Å². The van der Waals surface area contributed by atoms with E-state index in [1.165, 1.54) is 6.08 Å². The Kier molecular flexibility index (Phi) is 4.18. The molecule has 1 aromatic carbocycles. The van der Waals surface area contributed by atoms with Crippen molar-refractivity contribution in [2.75, 3.05) is 6.61 Å². The number of hydrogen-bond donors (Lipinski definition) is 0. The summed E-state index contributed by atoms with van der Waals surface area (Å²) in [4.78, 5) is 11.2. The lowest BCUT2D eigenvalue weighted by Gasteiger charge is -2.00. The van der Waals surface area contributed by atoms with Crippen LogP contribution in [-0.4, -0.2) is 12.6 Å². The molecule has 0 radical (unpaired) electrons. The van der Waals surface area contributed by atoms with Crippen molar-refractivity contribution in [1.29, 1.82) is 0 Å². The summed E-state index contributed by atoms with van der Waals surface area (Å²) in [5, 5.41) is 0. The lowest BCUT2D eigenvalue weighted by molar-refractivity contribution is -0.137. The number of allylic oxidation sites excluding steroid dienone is 1. The van der Waals surface area contributed by atoms with E-state index in [0.717, 1.165) is 5.56 Å². The first-order valence-electron chi connectivity index (χ1n) is 4.68. The maximum Gasteiger partial charge on any atom is 0.332 e. The average Bonchev–Trinajstić information content (AvgIpc) is 2.27. The fraction of sp³-hybridized carbons (Fsp3) is 0.154. The summed E-state index contributed by atoms with van der Waals surface area (Å²) in [6.45, 7) is 2.10. The van der Waals surface area contributed by atoms with Crippen LogP contribution < -0.4 is 0 Å². The van der Waals surface area contributed by atoms with Crippen molar-refractivity contribution in [2.24, 2.45) is 0 Å². The SMILES string of the molecule is C#C/C(=C\C(=O)OCC)c1ccccc1. The minimum absolute atomic E-state index is 0.349. The first kappa shape index (κ1) is 11.1. The quantitative estimate of drug-likeness (QED) is 0.425. The molecule has 76 valence electrons. The van der Waals surface area contributed by atoms with E-state index in [9.17, 15) is 4.79 Å². The van der Waals surface area contributed by atoms with Crippen LogP contribution in [-0.2, 0) is 9.53 Å². The zero-order valence-corrected chi connectivity index (χ0v) is 8.57.